The molecule has 16 heavy (non-hydrogen) atoms. The summed E-state index contributed by atoms with van der Waals surface area (Å²) in [7, 11) is 0. The van der Waals surface area contributed by atoms with Crippen molar-refractivity contribution in [2.45, 2.75) is 27.7 Å². The number of fused-ring (bicyclic) bond motifs is 1. The highest BCUT2D eigenvalue weighted by Gasteiger charge is 1.98. The summed E-state index contributed by atoms with van der Waals surface area (Å²) in [6.07, 6.45) is 0. The maximum absolute atomic E-state index is 5.78. The lowest BCUT2D eigenvalue weighted by atomic mass is 10.1. The molecule has 88 valence electrons. The third-order valence-corrected chi connectivity index (χ3v) is 1.97. The third-order valence-electron chi connectivity index (χ3n) is 1.97. The van der Waals surface area contributed by atoms with E-state index < -0.39 is 0 Å². The fourth-order valence-corrected chi connectivity index (χ4v) is 1.40. The van der Waals surface area contributed by atoms with Crippen LogP contribution >= 0.6 is 0 Å². The molecule has 0 amide bonds. The maximum Gasteiger partial charge on any atom is 0.0414 e. The largest absolute Gasteiger partial charge is 0.398 e. The van der Waals surface area contributed by atoms with Gasteiger partial charge < -0.3 is 11.5 Å². The monoisotopic (exact) mass is 218 g/mol. The minimum atomic E-state index is 0.741. The van der Waals surface area contributed by atoms with Gasteiger partial charge in [-0.05, 0) is 17.5 Å². The number of nitrogen functional groups attached to an aromatic ring is 2. The summed E-state index contributed by atoms with van der Waals surface area (Å²) in [5.41, 5.74) is 13.0. The normalized spacial score (nSPS) is 8.50. The second-order valence-corrected chi connectivity index (χ2v) is 2.79. The fraction of sp³-hybridized carbons (Fsp3) is 0.286. The van der Waals surface area contributed by atoms with Crippen molar-refractivity contribution in [2.75, 3.05) is 11.5 Å². The molecular weight excluding hydrogens is 196 g/mol. The van der Waals surface area contributed by atoms with Gasteiger partial charge in [-0.2, -0.15) is 0 Å². The zero-order chi connectivity index (χ0) is 12.6. The second-order valence-electron chi connectivity index (χ2n) is 2.79. The Balaban J connectivity index is 0.000000509. The summed E-state index contributed by atoms with van der Waals surface area (Å²) >= 11 is 0. The van der Waals surface area contributed by atoms with E-state index in [0.717, 1.165) is 22.1 Å². The molecule has 4 N–H and O–H groups in total. The van der Waals surface area contributed by atoms with Crippen molar-refractivity contribution < 1.29 is 0 Å². The number of nitrogens with two attached hydrogens (primary N) is 2. The number of rotatable bonds is 0. The van der Waals surface area contributed by atoms with Crippen LogP contribution in [0.1, 0.15) is 27.7 Å². The van der Waals surface area contributed by atoms with Crippen LogP contribution in [0.5, 0.6) is 0 Å². The molecule has 0 aliphatic heterocycles. The Bertz CT molecular complexity index is 385. The molecule has 0 aliphatic carbocycles. The van der Waals surface area contributed by atoms with Crippen molar-refractivity contribution in [3.05, 3.63) is 36.4 Å². The Labute approximate surface area is 98.3 Å². The highest BCUT2D eigenvalue weighted by atomic mass is 14.6. The smallest absolute Gasteiger partial charge is 0.0414 e. The summed E-state index contributed by atoms with van der Waals surface area (Å²) < 4.78 is 0. The van der Waals surface area contributed by atoms with Crippen LogP contribution in [0.15, 0.2) is 36.4 Å². The van der Waals surface area contributed by atoms with Gasteiger partial charge in [0, 0.05) is 16.8 Å². The number of hydrogen-bond acceptors (Lipinski definition) is 2. The molecule has 0 aliphatic rings. The summed E-state index contributed by atoms with van der Waals surface area (Å²) in [6, 6.07) is 11.6. The Morgan fingerprint density at radius 3 is 1.38 bits per heavy atom. The number of hydrogen-bond donors (Lipinski definition) is 2. The molecule has 0 bridgehead atoms. The molecule has 0 unspecified atom stereocenters. The van der Waals surface area contributed by atoms with Crippen LogP contribution in [-0.2, 0) is 0 Å². The highest BCUT2D eigenvalue weighted by Crippen LogP contribution is 2.25. The Morgan fingerprint density at radius 1 is 0.688 bits per heavy atom. The second kappa shape index (κ2) is 7.57. The van der Waals surface area contributed by atoms with Crippen LogP contribution in [0, 0.1) is 0 Å². The van der Waals surface area contributed by atoms with Crippen LogP contribution in [0.4, 0.5) is 11.4 Å². The molecule has 2 heteroatoms. The van der Waals surface area contributed by atoms with Gasteiger partial charge in [0.25, 0.3) is 0 Å². The van der Waals surface area contributed by atoms with Crippen molar-refractivity contribution in [1.29, 1.82) is 0 Å². The zero-order valence-electron chi connectivity index (χ0n) is 10.6. The SMILES string of the molecule is CC.CC.Nc1cccc2cccc(N)c12. The van der Waals surface area contributed by atoms with Crippen molar-refractivity contribution in [2.24, 2.45) is 0 Å². The first-order valence-corrected chi connectivity index (χ1v) is 5.82. The molecule has 0 heterocycles. The predicted octanol–water partition coefficient (Wildman–Crippen LogP) is 4.06. The lowest BCUT2D eigenvalue weighted by molar-refractivity contribution is 1.50. The van der Waals surface area contributed by atoms with E-state index in [1.54, 1.807) is 0 Å². The Hall–Kier alpha value is -1.70. The molecule has 0 spiro atoms. The molecule has 2 nitrogen and oxygen atoms in total. The van der Waals surface area contributed by atoms with E-state index >= 15 is 0 Å². The standard InChI is InChI=1S/C10H10N2.2C2H6/c11-8-5-1-3-7-4-2-6-9(12)10(7)8;2*1-2/h1-6H,11-12H2;2*1-2H3. The van der Waals surface area contributed by atoms with Crippen LogP contribution in [0.25, 0.3) is 10.8 Å². The minimum absolute atomic E-state index is 0.741. The Kier molecular flexibility index (Phi) is 6.77. The van der Waals surface area contributed by atoms with E-state index in [2.05, 4.69) is 0 Å². The van der Waals surface area contributed by atoms with Gasteiger partial charge in [0.15, 0.2) is 0 Å². The molecule has 0 saturated heterocycles. The van der Waals surface area contributed by atoms with E-state index in [0.29, 0.717) is 0 Å². The molecule has 2 aromatic rings. The van der Waals surface area contributed by atoms with E-state index in [1.165, 1.54) is 0 Å². The van der Waals surface area contributed by atoms with E-state index in [4.69, 9.17) is 11.5 Å². The molecule has 0 saturated carbocycles. The summed E-state index contributed by atoms with van der Waals surface area (Å²) in [6.45, 7) is 8.00. The van der Waals surface area contributed by atoms with Crippen LogP contribution in [-0.4, -0.2) is 0 Å². The van der Waals surface area contributed by atoms with Gasteiger partial charge in [0.1, 0.15) is 0 Å². The van der Waals surface area contributed by atoms with E-state index in [-0.39, 0.29) is 0 Å². The van der Waals surface area contributed by atoms with Gasteiger partial charge in [-0.25, -0.2) is 0 Å². The first-order chi connectivity index (χ1) is 7.79. The first kappa shape index (κ1) is 14.3. The molecule has 0 atom stereocenters. The van der Waals surface area contributed by atoms with Gasteiger partial charge in [0.2, 0.25) is 0 Å². The van der Waals surface area contributed by atoms with Gasteiger partial charge >= 0.3 is 0 Å². The molecule has 2 rings (SSSR count). The van der Waals surface area contributed by atoms with Gasteiger partial charge in [-0.15, -0.1) is 0 Å². The van der Waals surface area contributed by atoms with Crippen molar-refractivity contribution >= 4 is 22.1 Å². The summed E-state index contributed by atoms with van der Waals surface area (Å²) in [5, 5.41) is 2.05. The van der Waals surface area contributed by atoms with Crippen molar-refractivity contribution in [3.8, 4) is 0 Å². The van der Waals surface area contributed by atoms with Gasteiger partial charge in [-0.3, -0.25) is 0 Å². The molecular formula is C14H22N2. The quantitative estimate of drug-likeness (QED) is 0.655. The van der Waals surface area contributed by atoms with E-state index in [9.17, 15) is 0 Å². The molecule has 0 fully saturated rings. The van der Waals surface area contributed by atoms with Crippen molar-refractivity contribution in [1.82, 2.24) is 0 Å². The lowest BCUT2D eigenvalue weighted by Gasteiger charge is -2.03. The highest BCUT2D eigenvalue weighted by molar-refractivity contribution is 6.01. The number of benzene rings is 2. The predicted molar refractivity (Wildman–Crippen MR) is 75.5 cm³/mol. The summed E-state index contributed by atoms with van der Waals surface area (Å²) in [4.78, 5) is 0. The fourth-order valence-electron chi connectivity index (χ4n) is 1.40. The number of anilines is 2. The minimum Gasteiger partial charge on any atom is -0.398 e. The topological polar surface area (TPSA) is 52.0 Å². The third kappa shape index (κ3) is 3.16. The Morgan fingerprint density at radius 2 is 1.06 bits per heavy atom. The zero-order valence-corrected chi connectivity index (χ0v) is 10.6. The molecule has 2 aromatic carbocycles. The average molecular weight is 218 g/mol. The molecule has 0 aromatic heterocycles. The van der Waals surface area contributed by atoms with Crippen LogP contribution < -0.4 is 11.5 Å². The maximum atomic E-state index is 5.78. The molecule has 0 radical (unpaired) electrons. The van der Waals surface area contributed by atoms with E-state index in [1.807, 2.05) is 64.1 Å². The van der Waals surface area contributed by atoms with Gasteiger partial charge in [-0.1, -0.05) is 52.0 Å². The van der Waals surface area contributed by atoms with Crippen LogP contribution in [0.2, 0.25) is 0 Å². The lowest BCUT2D eigenvalue weighted by Crippen LogP contribution is -1.91. The van der Waals surface area contributed by atoms with Gasteiger partial charge in [0.05, 0.1) is 0 Å². The summed E-state index contributed by atoms with van der Waals surface area (Å²) in [5.74, 6) is 0. The van der Waals surface area contributed by atoms with Crippen LogP contribution in [0.3, 0.4) is 0 Å². The first-order valence-electron chi connectivity index (χ1n) is 5.82. The van der Waals surface area contributed by atoms with Crippen molar-refractivity contribution in [3.63, 3.8) is 0 Å². The average Bonchev–Trinajstić information content (AvgIpc) is 2.34.